The molecule has 0 N–H and O–H groups in total. The second kappa shape index (κ2) is 9.66. The quantitative estimate of drug-likeness (QED) is 0.386. The molecule has 2 rings (SSSR count). The van der Waals surface area contributed by atoms with Crippen LogP contribution in [0.5, 0.6) is 0 Å². The van der Waals surface area contributed by atoms with Crippen LogP contribution in [0.4, 0.5) is 0 Å². The van der Waals surface area contributed by atoms with Crippen LogP contribution in [0, 0.1) is 17.8 Å². The van der Waals surface area contributed by atoms with Gasteiger partial charge >= 0.3 is 0 Å². The van der Waals surface area contributed by atoms with Crippen LogP contribution in [0.25, 0.3) is 0 Å². The number of ether oxygens (including phenoxy) is 1. The largest absolute Gasteiger partial charge is 0.378 e. The molecule has 2 saturated carbocycles. The molecule has 2 fully saturated rings. The van der Waals surface area contributed by atoms with Gasteiger partial charge in [0.1, 0.15) is 0 Å². The van der Waals surface area contributed by atoms with E-state index in [-0.39, 0.29) is 0 Å². The number of unbranched alkanes of at least 4 members (excludes halogenated alkanes) is 3. The van der Waals surface area contributed by atoms with Crippen molar-refractivity contribution < 1.29 is 4.74 Å². The highest BCUT2D eigenvalue weighted by molar-refractivity contribution is 4.87. The highest BCUT2D eigenvalue weighted by Gasteiger charge is 2.30. The predicted molar refractivity (Wildman–Crippen MR) is 91.5 cm³/mol. The third kappa shape index (κ3) is 5.77. The summed E-state index contributed by atoms with van der Waals surface area (Å²) in [5.74, 6) is 2.81. The Morgan fingerprint density at radius 1 is 0.857 bits per heavy atom. The zero-order valence-electron chi connectivity index (χ0n) is 14.2. The van der Waals surface area contributed by atoms with Gasteiger partial charge in [0, 0.05) is 6.61 Å². The van der Waals surface area contributed by atoms with E-state index >= 15 is 0 Å². The Morgan fingerprint density at radius 2 is 1.48 bits per heavy atom. The molecule has 0 amide bonds. The zero-order chi connectivity index (χ0) is 14.9. The van der Waals surface area contributed by atoms with E-state index in [2.05, 4.69) is 19.6 Å². The highest BCUT2D eigenvalue weighted by atomic mass is 16.5. The summed E-state index contributed by atoms with van der Waals surface area (Å²) in [4.78, 5) is 0. The molecular weight excluding hydrogens is 256 g/mol. The summed E-state index contributed by atoms with van der Waals surface area (Å²) in [7, 11) is 0. The van der Waals surface area contributed by atoms with E-state index in [1.807, 2.05) is 0 Å². The average Bonchev–Trinajstić information content (AvgIpc) is 2.55. The molecule has 1 heteroatoms. The molecule has 0 unspecified atom stereocenters. The van der Waals surface area contributed by atoms with Gasteiger partial charge in [-0.2, -0.15) is 0 Å². The summed E-state index contributed by atoms with van der Waals surface area (Å²) in [6.45, 7) is 7.23. The second-order valence-corrected chi connectivity index (χ2v) is 7.38. The van der Waals surface area contributed by atoms with E-state index in [0.29, 0.717) is 6.10 Å². The molecule has 0 radical (unpaired) electrons. The van der Waals surface area contributed by atoms with Crippen LogP contribution in [0.15, 0.2) is 12.7 Å². The first-order chi connectivity index (χ1) is 10.3. The minimum absolute atomic E-state index is 0.576. The van der Waals surface area contributed by atoms with Crippen LogP contribution in [0.2, 0.25) is 0 Å². The number of allylic oxidation sites excluding steroid dienone is 1. The maximum Gasteiger partial charge on any atom is 0.0575 e. The smallest absolute Gasteiger partial charge is 0.0575 e. The minimum Gasteiger partial charge on any atom is -0.378 e. The van der Waals surface area contributed by atoms with Crippen molar-refractivity contribution in [2.45, 2.75) is 90.1 Å². The maximum atomic E-state index is 6.09. The molecule has 0 aromatic carbocycles. The van der Waals surface area contributed by atoms with Crippen molar-refractivity contribution in [1.29, 1.82) is 0 Å². The van der Waals surface area contributed by atoms with E-state index in [9.17, 15) is 0 Å². The lowest BCUT2D eigenvalue weighted by molar-refractivity contribution is 0.00598. The molecule has 122 valence electrons. The number of hydrogen-bond acceptors (Lipinski definition) is 1. The Balaban J connectivity index is 1.57. The minimum atomic E-state index is 0.576. The average molecular weight is 293 g/mol. The Morgan fingerprint density at radius 3 is 2.05 bits per heavy atom. The lowest BCUT2D eigenvalue weighted by Crippen LogP contribution is -2.28. The Kier molecular flexibility index (Phi) is 7.85. The third-order valence-electron chi connectivity index (χ3n) is 5.89. The summed E-state index contributed by atoms with van der Waals surface area (Å²) in [6.07, 6.45) is 19.2. The second-order valence-electron chi connectivity index (χ2n) is 7.38. The normalized spacial score (nSPS) is 33.8. The van der Waals surface area contributed by atoms with Crippen molar-refractivity contribution in [3.8, 4) is 0 Å². The third-order valence-corrected chi connectivity index (χ3v) is 5.89. The van der Waals surface area contributed by atoms with Crippen LogP contribution in [0.1, 0.15) is 84.0 Å². The van der Waals surface area contributed by atoms with Crippen LogP contribution in [0.3, 0.4) is 0 Å². The molecule has 0 saturated heterocycles. The van der Waals surface area contributed by atoms with Gasteiger partial charge in [-0.15, -0.1) is 6.58 Å². The van der Waals surface area contributed by atoms with Crippen LogP contribution in [-0.4, -0.2) is 12.7 Å². The van der Waals surface area contributed by atoms with Crippen LogP contribution >= 0.6 is 0 Å². The van der Waals surface area contributed by atoms with Crippen molar-refractivity contribution in [2.75, 3.05) is 6.61 Å². The molecule has 0 aromatic rings. The van der Waals surface area contributed by atoms with Gasteiger partial charge in [-0.05, 0) is 75.5 Å². The van der Waals surface area contributed by atoms with Crippen LogP contribution in [-0.2, 0) is 4.74 Å². The zero-order valence-corrected chi connectivity index (χ0v) is 14.2. The Labute approximate surface area is 132 Å². The molecule has 1 nitrogen and oxygen atoms in total. The van der Waals surface area contributed by atoms with Gasteiger partial charge in [-0.25, -0.2) is 0 Å². The molecular formula is C20H36O. The first-order valence-electron chi connectivity index (χ1n) is 9.57. The molecule has 2 aliphatic carbocycles. The first-order valence-corrected chi connectivity index (χ1v) is 9.57. The molecule has 21 heavy (non-hydrogen) atoms. The summed E-state index contributed by atoms with van der Waals surface area (Å²) in [6, 6.07) is 0. The highest BCUT2D eigenvalue weighted by Crippen LogP contribution is 2.40. The van der Waals surface area contributed by atoms with Gasteiger partial charge in [-0.3, -0.25) is 0 Å². The lowest BCUT2D eigenvalue weighted by atomic mass is 9.70. The number of rotatable bonds is 8. The first kappa shape index (κ1) is 17.1. The van der Waals surface area contributed by atoms with E-state index in [1.54, 1.807) is 0 Å². The van der Waals surface area contributed by atoms with Gasteiger partial charge in [-0.1, -0.05) is 32.3 Å². The van der Waals surface area contributed by atoms with E-state index in [0.717, 1.165) is 24.4 Å². The Bertz CT molecular complexity index is 270. The lowest BCUT2D eigenvalue weighted by Gasteiger charge is -2.37. The summed E-state index contributed by atoms with van der Waals surface area (Å²) < 4.78 is 6.09. The molecule has 0 atom stereocenters. The molecule has 0 spiro atoms. The van der Waals surface area contributed by atoms with Gasteiger partial charge in [0.05, 0.1) is 6.10 Å². The van der Waals surface area contributed by atoms with Crippen molar-refractivity contribution in [2.24, 2.45) is 17.8 Å². The topological polar surface area (TPSA) is 9.23 Å². The maximum absolute atomic E-state index is 6.09. The van der Waals surface area contributed by atoms with Gasteiger partial charge in [0.2, 0.25) is 0 Å². The van der Waals surface area contributed by atoms with Crippen molar-refractivity contribution in [1.82, 2.24) is 0 Å². The molecule has 0 aliphatic heterocycles. The summed E-state index contributed by atoms with van der Waals surface area (Å²) >= 11 is 0. The molecule has 0 heterocycles. The fourth-order valence-corrected chi connectivity index (χ4v) is 4.36. The predicted octanol–water partition coefficient (Wildman–Crippen LogP) is 6.13. The van der Waals surface area contributed by atoms with Crippen molar-refractivity contribution in [3.63, 3.8) is 0 Å². The summed E-state index contributed by atoms with van der Waals surface area (Å²) in [5, 5.41) is 0. The fourth-order valence-electron chi connectivity index (χ4n) is 4.36. The Hall–Kier alpha value is -0.300. The standard InChI is InChI=1S/C20H36O/c1-3-5-6-7-16-21-20-14-12-19(13-15-20)18-10-8-17(4-2)9-11-18/h4,17-20H,2-3,5-16H2,1H3/t17-,18-,19-,20-. The van der Waals surface area contributed by atoms with E-state index in [4.69, 9.17) is 4.74 Å². The van der Waals surface area contributed by atoms with Crippen molar-refractivity contribution >= 4 is 0 Å². The molecule has 0 bridgehead atoms. The fraction of sp³-hybridized carbons (Fsp3) is 0.900. The SMILES string of the molecule is C=C[C@H]1CC[C@H]([C@H]2CC[C@H](OCCCCCC)CC2)CC1. The van der Waals surface area contributed by atoms with Gasteiger partial charge in [0.25, 0.3) is 0 Å². The van der Waals surface area contributed by atoms with Crippen LogP contribution < -0.4 is 0 Å². The number of hydrogen-bond donors (Lipinski definition) is 0. The molecule has 0 aromatic heterocycles. The van der Waals surface area contributed by atoms with Gasteiger partial charge in [0.15, 0.2) is 0 Å². The summed E-state index contributed by atoms with van der Waals surface area (Å²) in [5.41, 5.74) is 0. The van der Waals surface area contributed by atoms with E-state index in [1.165, 1.54) is 77.0 Å². The monoisotopic (exact) mass is 292 g/mol. The van der Waals surface area contributed by atoms with E-state index < -0.39 is 0 Å². The van der Waals surface area contributed by atoms with Crippen molar-refractivity contribution in [3.05, 3.63) is 12.7 Å². The molecule has 2 aliphatic rings. The van der Waals surface area contributed by atoms with Gasteiger partial charge < -0.3 is 4.74 Å².